The van der Waals surface area contributed by atoms with Gasteiger partial charge in [-0.2, -0.15) is 0 Å². The zero-order chi connectivity index (χ0) is 17.9. The summed E-state index contributed by atoms with van der Waals surface area (Å²) in [6.45, 7) is 5.37. The van der Waals surface area contributed by atoms with Crippen LogP contribution < -0.4 is 0 Å². The fraction of sp³-hybridized carbons (Fsp3) is 0.375. The van der Waals surface area contributed by atoms with Crippen LogP contribution in [0.5, 0.6) is 0 Å². The molecule has 0 bridgehead atoms. The average molecular weight is 334 g/mol. The second-order valence-electron chi connectivity index (χ2n) is 5.46. The Morgan fingerprint density at radius 3 is 2.58 bits per heavy atom. The Balaban J connectivity index is 2.15. The van der Waals surface area contributed by atoms with Gasteiger partial charge in [0.1, 0.15) is 18.2 Å². The maximum atomic E-state index is 12.3. The van der Waals surface area contributed by atoms with Crippen molar-refractivity contribution in [2.75, 3.05) is 7.05 Å². The lowest BCUT2D eigenvalue weighted by atomic mass is 10.0. The minimum Gasteiger partial charge on any atom is -0.456 e. The molecule has 1 amide bonds. The van der Waals surface area contributed by atoms with Crippen LogP contribution in [0.25, 0.3) is 0 Å². The van der Waals surface area contributed by atoms with Gasteiger partial charge in [0, 0.05) is 25.6 Å². The number of nitro groups is 1. The van der Waals surface area contributed by atoms with Crippen LogP contribution in [0, 0.1) is 10.1 Å². The topological polar surface area (TPSA) is 99.0 Å². The number of nitrogens with zero attached hydrogens (tertiary/aromatic N) is 2. The first-order chi connectivity index (χ1) is 11.3. The Morgan fingerprint density at radius 2 is 2.12 bits per heavy atom. The molecule has 1 fully saturated rings. The maximum Gasteiger partial charge on any atom is 0.410 e. The summed E-state index contributed by atoms with van der Waals surface area (Å²) in [5.74, 6) is -0.628. The molecule has 0 radical (unpaired) electrons. The monoisotopic (exact) mass is 334 g/mol. The number of non-ortho nitro benzene ring substituents is 1. The number of cyclic esters (lactones) is 1. The predicted molar refractivity (Wildman–Crippen MR) is 84.6 cm³/mol. The number of likely N-dealkylation sites (N-methyl/N-ethyl adjacent to an activating group) is 1. The molecule has 3 atom stereocenters. The molecule has 1 aromatic rings. The predicted octanol–water partition coefficient (Wildman–Crippen LogP) is 2.54. The summed E-state index contributed by atoms with van der Waals surface area (Å²) in [5.41, 5.74) is 0.0764. The summed E-state index contributed by atoms with van der Waals surface area (Å²) in [6, 6.07) is 4.69. The highest BCUT2D eigenvalue weighted by molar-refractivity contribution is 5.89. The van der Waals surface area contributed by atoms with E-state index in [2.05, 4.69) is 6.58 Å². The van der Waals surface area contributed by atoms with Crippen molar-refractivity contribution in [3.05, 3.63) is 52.6 Å². The van der Waals surface area contributed by atoms with E-state index < -0.39 is 35.2 Å². The molecule has 0 N–H and O–H groups in total. The second-order valence-corrected chi connectivity index (χ2v) is 5.46. The van der Waals surface area contributed by atoms with Gasteiger partial charge in [-0.3, -0.25) is 10.1 Å². The van der Waals surface area contributed by atoms with E-state index in [-0.39, 0.29) is 11.3 Å². The van der Waals surface area contributed by atoms with E-state index >= 15 is 0 Å². The smallest absolute Gasteiger partial charge is 0.410 e. The third kappa shape index (κ3) is 3.53. The molecule has 0 unspecified atom stereocenters. The lowest BCUT2D eigenvalue weighted by Crippen LogP contribution is -2.44. The van der Waals surface area contributed by atoms with Crippen molar-refractivity contribution in [3.8, 4) is 0 Å². The molecule has 1 heterocycles. The van der Waals surface area contributed by atoms with Crippen molar-refractivity contribution < 1.29 is 24.0 Å². The van der Waals surface area contributed by atoms with Crippen LogP contribution in [0.15, 0.2) is 36.9 Å². The van der Waals surface area contributed by atoms with Gasteiger partial charge >= 0.3 is 12.1 Å². The minimum atomic E-state index is -0.628. The number of hydrogen-bond acceptors (Lipinski definition) is 6. The van der Waals surface area contributed by atoms with E-state index in [1.165, 1.54) is 29.2 Å². The first-order valence-corrected chi connectivity index (χ1v) is 7.35. The fourth-order valence-electron chi connectivity index (χ4n) is 2.65. The normalized spacial score (nSPS) is 21.1. The summed E-state index contributed by atoms with van der Waals surface area (Å²) >= 11 is 0. The molecule has 8 heteroatoms. The van der Waals surface area contributed by atoms with Crippen molar-refractivity contribution >= 4 is 17.7 Å². The number of nitro benzene ring substituents is 1. The van der Waals surface area contributed by atoms with Crippen LogP contribution in [0.1, 0.15) is 23.7 Å². The molecular formula is C16H18N2O6. The van der Waals surface area contributed by atoms with E-state index in [1.54, 1.807) is 20.0 Å². The van der Waals surface area contributed by atoms with Gasteiger partial charge in [0.2, 0.25) is 0 Å². The Morgan fingerprint density at radius 1 is 1.50 bits per heavy atom. The van der Waals surface area contributed by atoms with E-state index in [0.717, 1.165) is 0 Å². The molecule has 8 nitrogen and oxygen atoms in total. The summed E-state index contributed by atoms with van der Waals surface area (Å²) in [7, 11) is 1.58. The first-order valence-electron chi connectivity index (χ1n) is 7.35. The second kappa shape index (κ2) is 7.12. The molecular weight excluding hydrogens is 316 g/mol. The van der Waals surface area contributed by atoms with Crippen LogP contribution in [0.2, 0.25) is 0 Å². The number of ether oxygens (including phenoxy) is 2. The van der Waals surface area contributed by atoms with Crippen molar-refractivity contribution in [1.82, 2.24) is 4.90 Å². The van der Waals surface area contributed by atoms with E-state index in [4.69, 9.17) is 9.47 Å². The van der Waals surface area contributed by atoms with Gasteiger partial charge in [0.15, 0.2) is 0 Å². The molecule has 1 aliphatic rings. The van der Waals surface area contributed by atoms with Crippen LogP contribution in [-0.4, -0.2) is 47.2 Å². The zero-order valence-electron chi connectivity index (χ0n) is 13.4. The number of carbonyl (C=O) groups excluding carboxylic acids is 2. The van der Waals surface area contributed by atoms with Gasteiger partial charge in [-0.25, -0.2) is 9.59 Å². The molecule has 0 saturated carbocycles. The van der Waals surface area contributed by atoms with E-state index in [1.807, 2.05) is 0 Å². The number of esters is 1. The third-order valence-corrected chi connectivity index (χ3v) is 3.85. The molecule has 2 rings (SSSR count). The highest BCUT2D eigenvalue weighted by Crippen LogP contribution is 2.25. The summed E-state index contributed by atoms with van der Waals surface area (Å²) < 4.78 is 10.6. The lowest BCUT2D eigenvalue weighted by Gasteiger charge is -2.28. The van der Waals surface area contributed by atoms with Crippen molar-refractivity contribution in [3.63, 3.8) is 0 Å². The maximum absolute atomic E-state index is 12.3. The number of amides is 1. The van der Waals surface area contributed by atoms with Gasteiger partial charge in [-0.1, -0.05) is 6.08 Å². The van der Waals surface area contributed by atoms with Gasteiger partial charge in [-0.15, -0.1) is 6.58 Å². The Bertz CT molecular complexity index is 657. The highest BCUT2D eigenvalue weighted by Gasteiger charge is 2.43. The number of benzene rings is 1. The summed E-state index contributed by atoms with van der Waals surface area (Å²) in [5, 5.41) is 10.6. The van der Waals surface area contributed by atoms with Gasteiger partial charge < -0.3 is 14.4 Å². The van der Waals surface area contributed by atoms with Gasteiger partial charge in [0.05, 0.1) is 10.5 Å². The molecule has 24 heavy (non-hydrogen) atoms. The van der Waals surface area contributed by atoms with Gasteiger partial charge in [0.25, 0.3) is 5.69 Å². The SMILES string of the molecule is C=CC[C@H](OC(=O)c1ccc([N+](=O)[O-])cc1)[C@H]1[C@H](C)OC(=O)N1C. The number of hydrogen-bond donors (Lipinski definition) is 0. The first kappa shape index (κ1) is 17.5. The average Bonchev–Trinajstić information content (AvgIpc) is 2.79. The largest absolute Gasteiger partial charge is 0.456 e. The van der Waals surface area contributed by atoms with Crippen molar-refractivity contribution in [2.45, 2.75) is 31.6 Å². The highest BCUT2D eigenvalue weighted by atomic mass is 16.6. The van der Waals surface area contributed by atoms with E-state index in [0.29, 0.717) is 6.42 Å². The third-order valence-electron chi connectivity index (χ3n) is 3.85. The molecule has 1 aliphatic heterocycles. The molecule has 128 valence electrons. The molecule has 0 aliphatic carbocycles. The van der Waals surface area contributed by atoms with Crippen molar-refractivity contribution in [2.24, 2.45) is 0 Å². The molecule has 0 spiro atoms. The fourth-order valence-corrected chi connectivity index (χ4v) is 2.65. The standard InChI is InChI=1S/C16H18N2O6/c1-4-5-13(14-10(2)23-16(20)17(14)3)24-15(19)11-6-8-12(9-7-11)18(21)22/h4,6-10,13-14H,1,5H2,2-3H3/t10-,13-,14+/m0/s1. The quantitative estimate of drug-likeness (QED) is 0.343. The van der Waals surface area contributed by atoms with E-state index in [9.17, 15) is 19.7 Å². The zero-order valence-corrected chi connectivity index (χ0v) is 13.4. The minimum absolute atomic E-state index is 0.114. The van der Waals surface area contributed by atoms with Gasteiger partial charge in [-0.05, 0) is 19.1 Å². The van der Waals surface area contributed by atoms with Crippen LogP contribution in [0.3, 0.4) is 0 Å². The number of carbonyl (C=O) groups is 2. The number of rotatable bonds is 6. The lowest BCUT2D eigenvalue weighted by molar-refractivity contribution is -0.384. The van der Waals surface area contributed by atoms with Crippen LogP contribution in [-0.2, 0) is 9.47 Å². The Hall–Kier alpha value is -2.90. The van der Waals surface area contributed by atoms with Crippen molar-refractivity contribution in [1.29, 1.82) is 0 Å². The van der Waals surface area contributed by atoms with Crippen LogP contribution in [0.4, 0.5) is 10.5 Å². The summed E-state index contributed by atoms with van der Waals surface area (Å²) in [6.07, 6.45) is 0.396. The van der Waals surface area contributed by atoms with Crippen LogP contribution >= 0.6 is 0 Å². The Labute approximate surface area is 138 Å². The molecule has 0 aromatic heterocycles. The Kier molecular flexibility index (Phi) is 5.18. The summed E-state index contributed by atoms with van der Waals surface area (Å²) in [4.78, 5) is 35.4. The molecule has 1 aromatic carbocycles. The molecule has 1 saturated heterocycles.